The number of carboxylic acid groups (broad SMARTS) is 1. The molecule has 2 N–H and O–H groups in total. The lowest BCUT2D eigenvalue weighted by Crippen LogP contribution is -2.14. The second kappa shape index (κ2) is 7.31. The average molecular weight is 382 g/mol. The van der Waals surface area contributed by atoms with Crippen molar-refractivity contribution in [2.45, 2.75) is 22.8 Å². The third kappa shape index (κ3) is 4.03. The van der Waals surface area contributed by atoms with Crippen molar-refractivity contribution in [3.8, 4) is 0 Å². The smallest absolute Gasteiger partial charge is 0.401 e. The molecule has 1 amide bonds. The highest BCUT2D eigenvalue weighted by atomic mass is 32.2. The van der Waals surface area contributed by atoms with Gasteiger partial charge in [0.1, 0.15) is 0 Å². The van der Waals surface area contributed by atoms with E-state index < -0.39 is 37.5 Å². The Balaban J connectivity index is 2.35. The Hall–Kier alpha value is -3.28. The topological polar surface area (TPSA) is 161 Å². The van der Waals surface area contributed by atoms with Crippen LogP contribution in [0.1, 0.15) is 12.8 Å². The zero-order valence-corrected chi connectivity index (χ0v) is 14.3. The largest absolute Gasteiger partial charge is 0.481 e. The number of hydrogen-bond acceptors (Lipinski definition) is 7. The van der Waals surface area contributed by atoms with Crippen LogP contribution in [0.3, 0.4) is 0 Å². The van der Waals surface area contributed by atoms with Crippen LogP contribution in [0, 0.1) is 10.1 Å². The number of nitrogens with zero attached hydrogens (tertiary/aromatic N) is 3. The lowest BCUT2D eigenvalue weighted by molar-refractivity contribution is -0.392. The summed E-state index contributed by atoms with van der Waals surface area (Å²) in [6, 6.07) is 5.11. The molecule has 2 aromatic rings. The Kier molecular flexibility index (Phi) is 5.35. The van der Waals surface area contributed by atoms with Gasteiger partial charge >= 0.3 is 11.8 Å². The molecule has 0 radical (unpaired) electrons. The molecule has 0 aliphatic carbocycles. The summed E-state index contributed by atoms with van der Waals surface area (Å²) in [7, 11) is -2.96. The predicted octanol–water partition coefficient (Wildman–Crippen LogP) is 0.964. The third-order valence-corrected chi connectivity index (χ3v) is 5.14. The predicted molar refractivity (Wildman–Crippen MR) is 87.3 cm³/mol. The molecule has 11 nitrogen and oxygen atoms in total. The Morgan fingerprint density at radius 2 is 2.04 bits per heavy atom. The minimum absolute atomic E-state index is 0.117. The van der Waals surface area contributed by atoms with Crippen molar-refractivity contribution in [1.29, 1.82) is 0 Å². The number of rotatable bonds is 7. The number of imidazole rings is 1. The Morgan fingerprint density at radius 1 is 1.35 bits per heavy atom. The van der Waals surface area contributed by atoms with Crippen LogP contribution in [0.5, 0.6) is 0 Å². The standard InChI is InChI=1S/C14H14N4O7S/c1-17-8-15-13(18(22)23)14(17)26(24,25)10-4-2-3-9(7-10)16-11(19)5-6-12(20)21/h2-4,7-8H,5-6H2,1H3,(H,16,19)(H,20,21). The summed E-state index contributed by atoms with van der Waals surface area (Å²) in [6.45, 7) is 0. The number of aryl methyl sites for hydroxylation is 1. The summed E-state index contributed by atoms with van der Waals surface area (Å²) in [5.74, 6) is -2.54. The molecule has 0 bridgehead atoms. The number of amides is 1. The molecule has 0 spiro atoms. The molecule has 0 aliphatic heterocycles. The number of aliphatic carboxylic acids is 1. The van der Waals surface area contributed by atoms with Gasteiger partial charge in [-0.25, -0.2) is 8.42 Å². The van der Waals surface area contributed by atoms with Gasteiger partial charge in [-0.3, -0.25) is 14.2 Å². The molecule has 2 rings (SSSR count). The fourth-order valence-corrected chi connectivity index (χ4v) is 3.70. The van der Waals surface area contributed by atoms with Crippen molar-refractivity contribution in [1.82, 2.24) is 9.55 Å². The molecular weight excluding hydrogens is 368 g/mol. The van der Waals surface area contributed by atoms with Crippen LogP contribution >= 0.6 is 0 Å². The lowest BCUT2D eigenvalue weighted by atomic mass is 10.2. The minimum Gasteiger partial charge on any atom is -0.481 e. The second-order valence-corrected chi connectivity index (χ2v) is 7.08. The zero-order chi connectivity index (χ0) is 19.5. The summed E-state index contributed by atoms with van der Waals surface area (Å²) in [5.41, 5.74) is 0.117. The van der Waals surface area contributed by atoms with E-state index in [0.29, 0.717) is 0 Å². The van der Waals surface area contributed by atoms with Gasteiger partial charge in [0.05, 0.1) is 11.3 Å². The van der Waals surface area contributed by atoms with Crippen LogP contribution in [0.4, 0.5) is 11.5 Å². The summed E-state index contributed by atoms with van der Waals surface area (Å²) in [5, 5.41) is 21.4. The van der Waals surface area contributed by atoms with Crippen LogP contribution < -0.4 is 5.32 Å². The van der Waals surface area contributed by atoms with E-state index in [9.17, 15) is 28.1 Å². The van der Waals surface area contributed by atoms with Gasteiger partial charge in [-0.1, -0.05) is 6.07 Å². The van der Waals surface area contributed by atoms with Crippen LogP contribution in [-0.4, -0.2) is 39.9 Å². The van der Waals surface area contributed by atoms with Gasteiger partial charge in [0.2, 0.25) is 27.1 Å². The first-order valence-electron chi connectivity index (χ1n) is 7.15. The maximum Gasteiger partial charge on any atom is 0.401 e. The monoisotopic (exact) mass is 382 g/mol. The van der Waals surface area contributed by atoms with E-state index in [4.69, 9.17) is 5.11 Å². The van der Waals surface area contributed by atoms with Gasteiger partial charge in [-0.05, 0) is 28.1 Å². The summed E-state index contributed by atoms with van der Waals surface area (Å²) >= 11 is 0. The first kappa shape index (κ1) is 19.1. The van der Waals surface area contributed by atoms with Crippen LogP contribution in [0.2, 0.25) is 0 Å². The second-order valence-electron chi connectivity index (χ2n) is 5.21. The minimum atomic E-state index is -4.27. The fraction of sp³-hybridized carbons (Fsp3) is 0.214. The van der Waals surface area contributed by atoms with Crippen molar-refractivity contribution in [3.63, 3.8) is 0 Å². The first-order chi connectivity index (χ1) is 12.1. The molecule has 0 fully saturated rings. The van der Waals surface area contributed by atoms with Crippen LogP contribution in [-0.2, 0) is 26.5 Å². The molecule has 138 valence electrons. The molecule has 0 saturated carbocycles. The average Bonchev–Trinajstić information content (AvgIpc) is 2.96. The summed E-state index contributed by atoms with van der Waals surface area (Å²) in [4.78, 5) is 35.5. The highest BCUT2D eigenvalue weighted by Gasteiger charge is 2.33. The van der Waals surface area contributed by atoms with Gasteiger partial charge < -0.3 is 20.5 Å². The number of carbonyl (C=O) groups is 2. The van der Waals surface area contributed by atoms with Crippen molar-refractivity contribution in [3.05, 3.63) is 40.7 Å². The van der Waals surface area contributed by atoms with Crippen molar-refractivity contribution >= 4 is 33.2 Å². The maximum absolute atomic E-state index is 12.7. The van der Waals surface area contributed by atoms with Gasteiger partial charge in [0.15, 0.2) is 0 Å². The van der Waals surface area contributed by atoms with E-state index >= 15 is 0 Å². The SMILES string of the molecule is Cn1cnc([N+](=O)[O-])c1S(=O)(=O)c1cccc(NC(=O)CCC(=O)O)c1. The number of nitrogens with one attached hydrogen (secondary N) is 1. The number of benzene rings is 1. The van der Waals surface area contributed by atoms with E-state index in [2.05, 4.69) is 10.3 Å². The molecular formula is C14H14N4O7S. The van der Waals surface area contributed by atoms with Crippen molar-refractivity contribution < 1.29 is 28.0 Å². The highest BCUT2D eigenvalue weighted by molar-refractivity contribution is 7.91. The third-order valence-electron chi connectivity index (χ3n) is 3.29. The molecule has 26 heavy (non-hydrogen) atoms. The van der Waals surface area contributed by atoms with Crippen molar-refractivity contribution in [2.24, 2.45) is 7.05 Å². The number of aromatic nitrogens is 2. The lowest BCUT2D eigenvalue weighted by Gasteiger charge is -2.08. The summed E-state index contributed by atoms with van der Waals surface area (Å²) < 4.78 is 26.5. The van der Waals surface area contributed by atoms with E-state index in [1.807, 2.05) is 0 Å². The van der Waals surface area contributed by atoms with E-state index in [0.717, 1.165) is 17.0 Å². The van der Waals surface area contributed by atoms with E-state index in [-0.39, 0.29) is 23.4 Å². The fourth-order valence-electron chi connectivity index (χ4n) is 2.14. The first-order valence-corrected chi connectivity index (χ1v) is 8.63. The Morgan fingerprint density at radius 3 is 2.65 bits per heavy atom. The van der Waals surface area contributed by atoms with Gasteiger partial charge in [0.25, 0.3) is 0 Å². The maximum atomic E-state index is 12.7. The van der Waals surface area contributed by atoms with Crippen molar-refractivity contribution in [2.75, 3.05) is 5.32 Å². The number of anilines is 1. The number of nitro groups is 1. The molecule has 12 heteroatoms. The van der Waals surface area contributed by atoms with Gasteiger partial charge in [-0.15, -0.1) is 0 Å². The number of carboxylic acids is 1. The highest BCUT2D eigenvalue weighted by Crippen LogP contribution is 2.29. The molecule has 0 unspecified atom stereocenters. The number of carbonyl (C=O) groups excluding carboxylic acids is 1. The van der Waals surface area contributed by atoms with Crippen LogP contribution in [0.15, 0.2) is 40.5 Å². The van der Waals surface area contributed by atoms with Gasteiger partial charge in [-0.2, -0.15) is 0 Å². The van der Waals surface area contributed by atoms with Crippen LogP contribution in [0.25, 0.3) is 0 Å². The molecule has 1 aromatic carbocycles. The molecule has 0 atom stereocenters. The molecule has 0 aliphatic rings. The van der Waals surface area contributed by atoms with Gasteiger partial charge in [0, 0.05) is 19.2 Å². The molecule has 0 saturated heterocycles. The quantitative estimate of drug-likeness (QED) is 0.528. The van der Waals surface area contributed by atoms with E-state index in [1.54, 1.807) is 0 Å². The Bertz CT molecular complexity index is 981. The zero-order valence-electron chi connectivity index (χ0n) is 13.4. The number of hydrogen-bond donors (Lipinski definition) is 2. The Labute approximate surface area is 147 Å². The summed E-state index contributed by atoms with van der Waals surface area (Å²) in [6.07, 6.45) is 0.368. The molecule has 1 heterocycles. The van der Waals surface area contributed by atoms with E-state index in [1.165, 1.54) is 25.2 Å². The molecule has 1 aromatic heterocycles. The number of sulfone groups is 1. The normalized spacial score (nSPS) is 11.1.